The summed E-state index contributed by atoms with van der Waals surface area (Å²) in [5, 5.41) is 20.4. The highest BCUT2D eigenvalue weighted by molar-refractivity contribution is 5.71. The monoisotopic (exact) mass is 267 g/mol. The van der Waals surface area contributed by atoms with Crippen molar-refractivity contribution in [2.24, 2.45) is 5.41 Å². The highest BCUT2D eigenvalue weighted by Crippen LogP contribution is 2.19. The standard InChI is InChI=1S/C13H17NO5/c1-13(9-15,7-11(16)17)8-14-12(18)19-10-5-3-2-4-6-10/h2-6,15H,7-9H2,1H3,(H,14,18)(H,16,17). The van der Waals surface area contributed by atoms with Crippen LogP contribution in [0.15, 0.2) is 30.3 Å². The third kappa shape index (κ3) is 5.39. The number of aliphatic carboxylic acids is 1. The summed E-state index contributed by atoms with van der Waals surface area (Å²) >= 11 is 0. The molecule has 1 atom stereocenters. The lowest BCUT2D eigenvalue weighted by Gasteiger charge is -2.25. The zero-order valence-corrected chi connectivity index (χ0v) is 10.6. The lowest BCUT2D eigenvalue weighted by molar-refractivity contribution is -0.140. The topological polar surface area (TPSA) is 95.9 Å². The van der Waals surface area contributed by atoms with Crippen molar-refractivity contribution in [1.29, 1.82) is 0 Å². The first kappa shape index (κ1) is 15.0. The van der Waals surface area contributed by atoms with Crippen molar-refractivity contribution in [3.8, 4) is 5.75 Å². The molecule has 1 rings (SSSR count). The highest BCUT2D eigenvalue weighted by atomic mass is 16.6. The van der Waals surface area contributed by atoms with Gasteiger partial charge in [-0.15, -0.1) is 0 Å². The van der Waals surface area contributed by atoms with Crippen molar-refractivity contribution < 1.29 is 24.5 Å². The van der Waals surface area contributed by atoms with E-state index in [9.17, 15) is 14.7 Å². The summed E-state index contributed by atoms with van der Waals surface area (Å²) < 4.78 is 4.98. The predicted molar refractivity (Wildman–Crippen MR) is 67.9 cm³/mol. The second-order valence-electron chi connectivity index (χ2n) is 4.60. The maximum atomic E-state index is 11.5. The molecule has 0 heterocycles. The molecule has 0 radical (unpaired) electrons. The third-order valence-corrected chi connectivity index (χ3v) is 2.57. The minimum absolute atomic E-state index is 0.0153. The van der Waals surface area contributed by atoms with Crippen LogP contribution in [0, 0.1) is 5.41 Å². The van der Waals surface area contributed by atoms with Gasteiger partial charge in [-0.3, -0.25) is 4.79 Å². The maximum absolute atomic E-state index is 11.5. The SMILES string of the molecule is CC(CO)(CNC(=O)Oc1ccccc1)CC(=O)O. The highest BCUT2D eigenvalue weighted by Gasteiger charge is 2.27. The quantitative estimate of drug-likeness (QED) is 0.721. The lowest BCUT2D eigenvalue weighted by atomic mass is 9.88. The largest absolute Gasteiger partial charge is 0.481 e. The zero-order valence-electron chi connectivity index (χ0n) is 10.6. The summed E-state index contributed by atoms with van der Waals surface area (Å²) in [6.45, 7) is 1.25. The fourth-order valence-corrected chi connectivity index (χ4v) is 1.46. The van der Waals surface area contributed by atoms with Gasteiger partial charge in [0.1, 0.15) is 5.75 Å². The molecule has 0 bridgehead atoms. The fraction of sp³-hybridized carbons (Fsp3) is 0.385. The van der Waals surface area contributed by atoms with Gasteiger partial charge in [0.2, 0.25) is 0 Å². The van der Waals surface area contributed by atoms with Crippen LogP contribution in [0.5, 0.6) is 5.75 Å². The van der Waals surface area contributed by atoms with Crippen molar-refractivity contribution in [3.05, 3.63) is 30.3 Å². The van der Waals surface area contributed by atoms with E-state index in [0.717, 1.165) is 0 Å². The summed E-state index contributed by atoms with van der Waals surface area (Å²) in [6.07, 6.45) is -0.925. The number of carbonyl (C=O) groups excluding carboxylic acids is 1. The normalized spacial score (nSPS) is 13.4. The molecule has 6 heteroatoms. The van der Waals surface area contributed by atoms with Crippen LogP contribution in [0.2, 0.25) is 0 Å². The van der Waals surface area contributed by atoms with E-state index >= 15 is 0 Å². The molecule has 0 aliphatic heterocycles. The lowest BCUT2D eigenvalue weighted by Crippen LogP contribution is -2.40. The van der Waals surface area contributed by atoms with Gasteiger partial charge in [0.15, 0.2) is 0 Å². The Kier molecular flexibility index (Phi) is 5.32. The van der Waals surface area contributed by atoms with Crippen molar-refractivity contribution in [1.82, 2.24) is 5.32 Å². The average molecular weight is 267 g/mol. The predicted octanol–water partition coefficient (Wildman–Crippen LogP) is 1.25. The van der Waals surface area contributed by atoms with Crippen LogP contribution in [0.1, 0.15) is 13.3 Å². The van der Waals surface area contributed by atoms with Gasteiger partial charge in [-0.05, 0) is 12.1 Å². The van der Waals surface area contributed by atoms with Gasteiger partial charge in [-0.25, -0.2) is 4.79 Å². The van der Waals surface area contributed by atoms with E-state index in [1.807, 2.05) is 0 Å². The number of aliphatic hydroxyl groups is 1. The Bertz CT molecular complexity index is 434. The van der Waals surface area contributed by atoms with E-state index in [2.05, 4.69) is 5.32 Å². The number of carbonyl (C=O) groups is 2. The van der Waals surface area contributed by atoms with Crippen LogP contribution in [-0.4, -0.2) is 35.4 Å². The number of hydrogen-bond donors (Lipinski definition) is 3. The number of rotatable bonds is 6. The number of carboxylic acid groups (broad SMARTS) is 1. The smallest absolute Gasteiger partial charge is 0.412 e. The molecule has 0 aromatic heterocycles. The van der Waals surface area contributed by atoms with Crippen LogP contribution >= 0.6 is 0 Å². The van der Waals surface area contributed by atoms with Gasteiger partial charge in [0, 0.05) is 12.0 Å². The first-order valence-corrected chi connectivity index (χ1v) is 5.78. The third-order valence-electron chi connectivity index (χ3n) is 2.57. The Morgan fingerprint density at radius 3 is 2.47 bits per heavy atom. The number of hydrogen-bond acceptors (Lipinski definition) is 4. The molecular formula is C13H17NO5. The number of para-hydroxylation sites is 1. The zero-order chi connectivity index (χ0) is 14.3. The second kappa shape index (κ2) is 6.75. The van der Waals surface area contributed by atoms with E-state index in [1.54, 1.807) is 37.3 Å². The van der Waals surface area contributed by atoms with E-state index < -0.39 is 17.5 Å². The Morgan fingerprint density at radius 1 is 1.32 bits per heavy atom. The van der Waals surface area contributed by atoms with E-state index in [0.29, 0.717) is 5.75 Å². The molecule has 0 aliphatic rings. The summed E-state index contributed by atoms with van der Waals surface area (Å²) in [4.78, 5) is 22.2. The van der Waals surface area contributed by atoms with Crippen LogP contribution in [0.3, 0.4) is 0 Å². The minimum Gasteiger partial charge on any atom is -0.481 e. The Morgan fingerprint density at radius 2 is 1.95 bits per heavy atom. The molecule has 0 fully saturated rings. The minimum atomic E-state index is -1.03. The molecule has 19 heavy (non-hydrogen) atoms. The van der Waals surface area contributed by atoms with E-state index in [4.69, 9.17) is 9.84 Å². The van der Waals surface area contributed by atoms with Crippen molar-refractivity contribution in [2.75, 3.05) is 13.2 Å². The van der Waals surface area contributed by atoms with Crippen molar-refractivity contribution >= 4 is 12.1 Å². The molecule has 3 N–H and O–H groups in total. The Labute approximate surface area is 111 Å². The number of carboxylic acids is 1. The number of aliphatic hydroxyl groups excluding tert-OH is 1. The van der Waals surface area contributed by atoms with Crippen LogP contribution in [0.25, 0.3) is 0 Å². The summed E-state index contributed by atoms with van der Waals surface area (Å²) in [5.74, 6) is -0.640. The molecule has 0 saturated carbocycles. The molecule has 1 unspecified atom stereocenters. The van der Waals surface area contributed by atoms with Gasteiger partial charge in [0.25, 0.3) is 0 Å². The molecule has 1 amide bonds. The molecular weight excluding hydrogens is 250 g/mol. The second-order valence-corrected chi connectivity index (χ2v) is 4.60. The van der Waals surface area contributed by atoms with Crippen LogP contribution in [-0.2, 0) is 4.79 Å². The number of ether oxygens (including phenoxy) is 1. The molecule has 0 aliphatic carbocycles. The van der Waals surface area contributed by atoms with Gasteiger partial charge in [-0.1, -0.05) is 25.1 Å². The van der Waals surface area contributed by atoms with Gasteiger partial charge >= 0.3 is 12.1 Å². The molecule has 0 saturated heterocycles. The average Bonchev–Trinajstić information content (AvgIpc) is 2.37. The molecule has 1 aromatic carbocycles. The van der Waals surface area contributed by atoms with Gasteiger partial charge < -0.3 is 20.3 Å². The van der Waals surface area contributed by atoms with Crippen LogP contribution in [0.4, 0.5) is 4.79 Å². The van der Waals surface area contributed by atoms with Crippen molar-refractivity contribution in [3.63, 3.8) is 0 Å². The Balaban J connectivity index is 2.46. The fourth-order valence-electron chi connectivity index (χ4n) is 1.46. The molecule has 0 spiro atoms. The number of amides is 1. The molecule has 6 nitrogen and oxygen atoms in total. The van der Waals surface area contributed by atoms with E-state index in [-0.39, 0.29) is 19.6 Å². The van der Waals surface area contributed by atoms with Crippen molar-refractivity contribution in [2.45, 2.75) is 13.3 Å². The summed E-state index contributed by atoms with van der Waals surface area (Å²) in [5.41, 5.74) is -0.915. The van der Waals surface area contributed by atoms with E-state index in [1.165, 1.54) is 0 Å². The summed E-state index contributed by atoms with van der Waals surface area (Å²) in [6, 6.07) is 8.50. The van der Waals surface area contributed by atoms with Gasteiger partial charge in [0.05, 0.1) is 13.0 Å². The molecule has 104 valence electrons. The summed E-state index contributed by atoms with van der Waals surface area (Å²) in [7, 11) is 0. The first-order valence-electron chi connectivity index (χ1n) is 5.78. The number of benzene rings is 1. The molecule has 1 aromatic rings. The first-order chi connectivity index (χ1) is 8.95. The van der Waals surface area contributed by atoms with Gasteiger partial charge in [-0.2, -0.15) is 0 Å². The Hall–Kier alpha value is -2.08. The van der Waals surface area contributed by atoms with Crippen LogP contribution < -0.4 is 10.1 Å². The maximum Gasteiger partial charge on any atom is 0.412 e. The number of nitrogens with one attached hydrogen (secondary N) is 1.